The van der Waals surface area contributed by atoms with Gasteiger partial charge in [-0.1, -0.05) is 18.2 Å². The predicted molar refractivity (Wildman–Crippen MR) is 83.9 cm³/mol. The molecule has 116 valence electrons. The third kappa shape index (κ3) is 2.52. The highest BCUT2D eigenvalue weighted by Gasteiger charge is 2.32. The number of nitrogen functional groups attached to an aromatic ring is 1. The molecule has 0 bridgehead atoms. The zero-order chi connectivity index (χ0) is 15.7. The number of carbonyl (C=O) groups is 1. The quantitative estimate of drug-likeness (QED) is 0.941. The summed E-state index contributed by atoms with van der Waals surface area (Å²) < 4.78 is 6.48. The summed E-state index contributed by atoms with van der Waals surface area (Å²) in [6.45, 7) is 3.42. The first-order valence-corrected chi connectivity index (χ1v) is 7.32. The minimum Gasteiger partial charge on any atom is -0.453 e. The Morgan fingerprint density at radius 2 is 2.05 bits per heavy atom. The van der Waals surface area contributed by atoms with Crippen LogP contribution in [-0.2, 0) is 11.2 Å². The van der Waals surface area contributed by atoms with Crippen molar-refractivity contribution in [1.29, 1.82) is 0 Å². The first-order chi connectivity index (χ1) is 10.6. The van der Waals surface area contributed by atoms with Crippen LogP contribution in [0.3, 0.4) is 0 Å². The fourth-order valence-electron chi connectivity index (χ4n) is 2.77. The molecule has 22 heavy (non-hydrogen) atoms. The van der Waals surface area contributed by atoms with Crippen LogP contribution >= 0.6 is 0 Å². The fraction of sp³-hybridized carbons (Fsp3) is 0.375. The van der Waals surface area contributed by atoms with E-state index in [0.29, 0.717) is 24.8 Å². The number of hydrogen-bond acceptors (Lipinski definition) is 4. The molecule has 0 unspecified atom stereocenters. The Balaban J connectivity index is 1.73. The van der Waals surface area contributed by atoms with Gasteiger partial charge in [-0.3, -0.25) is 0 Å². The average Bonchev–Trinajstić information content (AvgIpc) is 2.79. The molecule has 0 radical (unpaired) electrons. The van der Waals surface area contributed by atoms with Crippen LogP contribution in [0.15, 0.2) is 30.3 Å². The van der Waals surface area contributed by atoms with Gasteiger partial charge >= 0.3 is 6.09 Å². The van der Waals surface area contributed by atoms with Crippen molar-refractivity contribution in [3.8, 4) is 5.69 Å². The number of hydrogen-bond donors (Lipinski definition) is 1. The number of nitrogens with zero attached hydrogens (tertiary/aromatic N) is 3. The van der Waals surface area contributed by atoms with Gasteiger partial charge < -0.3 is 15.4 Å². The Labute approximate surface area is 129 Å². The Kier molecular flexibility index (Phi) is 3.75. The summed E-state index contributed by atoms with van der Waals surface area (Å²) in [5, 5.41) is 4.65. The molecule has 2 N–H and O–H groups in total. The summed E-state index contributed by atoms with van der Waals surface area (Å²) in [4.78, 5) is 13.1. The number of methoxy groups -OCH3 is 1. The van der Waals surface area contributed by atoms with E-state index in [1.54, 1.807) is 9.58 Å². The third-order valence-electron chi connectivity index (χ3n) is 4.14. The molecule has 1 aliphatic heterocycles. The molecular weight excluding hydrogens is 280 g/mol. The molecule has 1 fully saturated rings. The monoisotopic (exact) mass is 300 g/mol. The molecular formula is C16H20N4O2. The van der Waals surface area contributed by atoms with Crippen molar-refractivity contribution >= 4 is 11.9 Å². The topological polar surface area (TPSA) is 73.4 Å². The normalized spacial score (nSPS) is 14.7. The number of amides is 1. The maximum Gasteiger partial charge on any atom is 0.409 e. The van der Waals surface area contributed by atoms with E-state index in [-0.39, 0.29) is 6.09 Å². The van der Waals surface area contributed by atoms with Gasteiger partial charge in [-0.15, -0.1) is 0 Å². The number of nitrogens with two attached hydrogens (primary N) is 1. The molecule has 6 nitrogen and oxygen atoms in total. The Morgan fingerprint density at radius 3 is 2.68 bits per heavy atom. The van der Waals surface area contributed by atoms with Crippen LogP contribution < -0.4 is 5.73 Å². The second-order valence-electron chi connectivity index (χ2n) is 5.65. The van der Waals surface area contributed by atoms with Crippen LogP contribution in [0.1, 0.15) is 11.3 Å². The van der Waals surface area contributed by atoms with E-state index < -0.39 is 0 Å². The van der Waals surface area contributed by atoms with Crippen LogP contribution in [0, 0.1) is 12.8 Å². The number of carbonyl (C=O) groups excluding carboxylic acids is 1. The molecule has 0 spiro atoms. The Hall–Kier alpha value is -2.50. The maximum atomic E-state index is 11.4. The molecule has 0 saturated carbocycles. The van der Waals surface area contributed by atoms with Gasteiger partial charge in [0, 0.05) is 18.7 Å². The van der Waals surface area contributed by atoms with Gasteiger partial charge in [0.05, 0.1) is 18.5 Å². The summed E-state index contributed by atoms with van der Waals surface area (Å²) >= 11 is 0. The number of anilines is 1. The van der Waals surface area contributed by atoms with Crippen molar-refractivity contribution in [2.24, 2.45) is 5.92 Å². The van der Waals surface area contributed by atoms with Gasteiger partial charge in [-0.05, 0) is 31.4 Å². The smallest absolute Gasteiger partial charge is 0.409 e. The van der Waals surface area contributed by atoms with E-state index in [9.17, 15) is 4.79 Å². The molecule has 0 aliphatic carbocycles. The summed E-state index contributed by atoms with van der Waals surface area (Å²) in [6, 6.07) is 9.85. The van der Waals surface area contributed by atoms with E-state index in [1.807, 2.05) is 37.3 Å². The van der Waals surface area contributed by atoms with Crippen molar-refractivity contribution in [2.45, 2.75) is 13.3 Å². The van der Waals surface area contributed by atoms with Crippen LogP contribution in [0.2, 0.25) is 0 Å². The van der Waals surface area contributed by atoms with Crippen LogP contribution in [0.5, 0.6) is 0 Å². The SMILES string of the molecule is COC(=O)N1CC(Cc2nn(-c3ccccc3)c(N)c2C)C1. The second kappa shape index (κ2) is 5.71. The standard InChI is InChI=1S/C16H20N4O2/c1-11-14(8-12-9-19(10-12)16(21)22-2)18-20(15(11)17)13-6-4-3-5-7-13/h3-7,12H,8-10,17H2,1-2H3. The van der Waals surface area contributed by atoms with Gasteiger partial charge in [-0.25, -0.2) is 9.48 Å². The van der Waals surface area contributed by atoms with E-state index in [1.165, 1.54) is 7.11 Å². The van der Waals surface area contributed by atoms with E-state index >= 15 is 0 Å². The van der Waals surface area contributed by atoms with Crippen molar-refractivity contribution in [3.63, 3.8) is 0 Å². The number of benzene rings is 1. The van der Waals surface area contributed by atoms with Crippen molar-refractivity contribution in [1.82, 2.24) is 14.7 Å². The number of ether oxygens (including phenoxy) is 1. The highest BCUT2D eigenvalue weighted by molar-refractivity contribution is 5.68. The lowest BCUT2D eigenvalue weighted by molar-refractivity contribution is 0.0674. The summed E-state index contributed by atoms with van der Waals surface area (Å²) in [6.07, 6.45) is 0.561. The molecule has 1 aromatic heterocycles. The molecule has 1 aliphatic rings. The third-order valence-corrected chi connectivity index (χ3v) is 4.14. The van der Waals surface area contributed by atoms with Gasteiger partial charge in [-0.2, -0.15) is 5.10 Å². The van der Waals surface area contributed by atoms with E-state index in [2.05, 4.69) is 5.10 Å². The molecule has 1 saturated heterocycles. The minimum absolute atomic E-state index is 0.262. The largest absolute Gasteiger partial charge is 0.453 e. The number of aromatic nitrogens is 2. The molecule has 0 atom stereocenters. The molecule has 3 rings (SSSR count). The second-order valence-corrected chi connectivity index (χ2v) is 5.65. The van der Waals surface area contributed by atoms with Gasteiger partial charge in [0.2, 0.25) is 0 Å². The zero-order valence-corrected chi connectivity index (χ0v) is 12.8. The maximum absolute atomic E-state index is 11.4. The highest BCUT2D eigenvalue weighted by atomic mass is 16.5. The lowest BCUT2D eigenvalue weighted by atomic mass is 9.94. The highest BCUT2D eigenvalue weighted by Crippen LogP contribution is 2.26. The molecule has 1 aromatic carbocycles. The number of para-hydroxylation sites is 1. The van der Waals surface area contributed by atoms with E-state index in [4.69, 9.17) is 10.5 Å². The average molecular weight is 300 g/mol. The lowest BCUT2D eigenvalue weighted by Crippen LogP contribution is -2.50. The first-order valence-electron chi connectivity index (χ1n) is 7.32. The van der Waals surface area contributed by atoms with Crippen LogP contribution in [0.25, 0.3) is 5.69 Å². The zero-order valence-electron chi connectivity index (χ0n) is 12.8. The number of likely N-dealkylation sites (tertiary alicyclic amines) is 1. The fourth-order valence-corrected chi connectivity index (χ4v) is 2.77. The van der Waals surface area contributed by atoms with Crippen molar-refractivity contribution in [3.05, 3.63) is 41.6 Å². The number of rotatable bonds is 3. The van der Waals surface area contributed by atoms with Crippen LogP contribution in [0.4, 0.5) is 10.6 Å². The molecule has 2 aromatic rings. The van der Waals surface area contributed by atoms with E-state index in [0.717, 1.165) is 23.4 Å². The van der Waals surface area contributed by atoms with Crippen molar-refractivity contribution in [2.75, 3.05) is 25.9 Å². The van der Waals surface area contributed by atoms with Crippen molar-refractivity contribution < 1.29 is 9.53 Å². The summed E-state index contributed by atoms with van der Waals surface area (Å²) in [5.74, 6) is 1.08. The lowest BCUT2D eigenvalue weighted by Gasteiger charge is -2.37. The van der Waals surface area contributed by atoms with Gasteiger partial charge in [0.15, 0.2) is 0 Å². The Morgan fingerprint density at radius 1 is 1.36 bits per heavy atom. The Bertz CT molecular complexity index is 675. The van der Waals surface area contributed by atoms with Gasteiger partial charge in [0.25, 0.3) is 0 Å². The van der Waals surface area contributed by atoms with Crippen LogP contribution in [-0.4, -0.2) is 41.0 Å². The summed E-state index contributed by atoms with van der Waals surface area (Å²) in [7, 11) is 1.40. The molecule has 2 heterocycles. The predicted octanol–water partition coefficient (Wildman–Crippen LogP) is 2.00. The molecule has 1 amide bonds. The minimum atomic E-state index is -0.262. The summed E-state index contributed by atoms with van der Waals surface area (Å²) in [5.41, 5.74) is 9.15. The van der Waals surface area contributed by atoms with Gasteiger partial charge in [0.1, 0.15) is 5.82 Å². The molecule has 6 heteroatoms. The first kappa shape index (κ1) is 14.4.